The summed E-state index contributed by atoms with van der Waals surface area (Å²) >= 11 is 3.62. The van der Waals surface area contributed by atoms with Gasteiger partial charge in [-0.3, -0.25) is 0 Å². The highest BCUT2D eigenvalue weighted by Crippen LogP contribution is 2.19. The van der Waals surface area contributed by atoms with Gasteiger partial charge in [0, 0.05) is 11.0 Å². The predicted molar refractivity (Wildman–Crippen MR) is 91.4 cm³/mol. The first-order valence-electron chi connectivity index (χ1n) is 7.29. The van der Waals surface area contributed by atoms with E-state index in [0.717, 1.165) is 19.6 Å². The average molecular weight is 348 g/mol. The lowest BCUT2D eigenvalue weighted by atomic mass is 10.00. The molecule has 2 rings (SSSR count). The van der Waals surface area contributed by atoms with E-state index in [9.17, 15) is 0 Å². The Kier molecular flexibility index (Phi) is 6.93. The molecule has 0 radical (unpaired) electrons. The van der Waals surface area contributed by atoms with Crippen molar-refractivity contribution in [1.29, 1.82) is 0 Å². The number of halogens is 1. The maximum atomic E-state index is 5.89. The fraction of sp³-hybridized carbons (Fsp3) is 0.333. The van der Waals surface area contributed by atoms with E-state index in [0.29, 0.717) is 12.5 Å². The molecule has 0 saturated carbocycles. The molecule has 0 aliphatic heterocycles. The summed E-state index contributed by atoms with van der Waals surface area (Å²) in [4.78, 5) is 0. The summed E-state index contributed by atoms with van der Waals surface area (Å²) in [5.74, 6) is 0.470. The number of ether oxygens (including phenoxy) is 1. The Hall–Kier alpha value is -1.16. The minimum absolute atomic E-state index is 0.470. The summed E-state index contributed by atoms with van der Waals surface area (Å²) in [5, 5.41) is 3.26. The maximum absolute atomic E-state index is 5.89. The molecule has 0 fully saturated rings. The molecule has 0 bridgehead atoms. The Morgan fingerprint density at radius 1 is 1.05 bits per heavy atom. The number of hydrogen-bond acceptors (Lipinski definition) is 2. The van der Waals surface area contributed by atoms with Crippen molar-refractivity contribution in [2.45, 2.75) is 13.0 Å². The van der Waals surface area contributed by atoms with Crippen LogP contribution in [0.3, 0.4) is 0 Å². The summed E-state index contributed by atoms with van der Waals surface area (Å²) in [5.41, 5.74) is 2.56. The lowest BCUT2D eigenvalue weighted by Crippen LogP contribution is -2.25. The largest absolute Gasteiger partial charge is 0.376 e. The van der Waals surface area contributed by atoms with Crippen molar-refractivity contribution in [2.75, 3.05) is 20.2 Å². The van der Waals surface area contributed by atoms with Gasteiger partial charge in [-0.2, -0.15) is 0 Å². The van der Waals surface area contributed by atoms with Gasteiger partial charge in [0.2, 0.25) is 0 Å². The van der Waals surface area contributed by atoms with Gasteiger partial charge in [0.05, 0.1) is 13.2 Å². The molecule has 0 amide bonds. The van der Waals surface area contributed by atoms with E-state index in [-0.39, 0.29) is 0 Å². The van der Waals surface area contributed by atoms with Gasteiger partial charge in [0.25, 0.3) is 0 Å². The van der Waals surface area contributed by atoms with Gasteiger partial charge in [-0.25, -0.2) is 0 Å². The third-order valence-corrected chi connectivity index (χ3v) is 4.20. The lowest BCUT2D eigenvalue weighted by Gasteiger charge is -2.17. The van der Waals surface area contributed by atoms with Gasteiger partial charge in [-0.1, -0.05) is 64.5 Å². The quantitative estimate of drug-likeness (QED) is 0.777. The second-order valence-corrected chi connectivity index (χ2v) is 6.07. The summed E-state index contributed by atoms with van der Waals surface area (Å²) in [6.07, 6.45) is 1.01. The number of benzene rings is 2. The van der Waals surface area contributed by atoms with Crippen molar-refractivity contribution in [3.8, 4) is 0 Å². The van der Waals surface area contributed by atoms with Crippen molar-refractivity contribution >= 4 is 15.9 Å². The normalized spacial score (nSPS) is 12.3. The number of rotatable bonds is 8. The van der Waals surface area contributed by atoms with Gasteiger partial charge in [0.15, 0.2) is 0 Å². The van der Waals surface area contributed by atoms with Crippen molar-refractivity contribution in [3.63, 3.8) is 0 Å². The van der Waals surface area contributed by atoms with Gasteiger partial charge < -0.3 is 10.1 Å². The van der Waals surface area contributed by atoms with Gasteiger partial charge in [0.1, 0.15) is 0 Å². The first-order valence-corrected chi connectivity index (χ1v) is 8.08. The van der Waals surface area contributed by atoms with Crippen molar-refractivity contribution in [1.82, 2.24) is 5.32 Å². The van der Waals surface area contributed by atoms with E-state index < -0.39 is 0 Å². The van der Waals surface area contributed by atoms with Crippen LogP contribution in [0.5, 0.6) is 0 Å². The SMILES string of the molecule is CNCC(COCc1ccccc1)Cc1ccccc1Br. The summed E-state index contributed by atoms with van der Waals surface area (Å²) in [7, 11) is 1.99. The monoisotopic (exact) mass is 347 g/mol. The Labute approximate surface area is 135 Å². The molecule has 1 N–H and O–H groups in total. The molecule has 3 heteroatoms. The number of hydrogen-bond donors (Lipinski definition) is 1. The number of nitrogens with one attached hydrogen (secondary N) is 1. The van der Waals surface area contributed by atoms with E-state index in [1.54, 1.807) is 0 Å². The van der Waals surface area contributed by atoms with Crippen molar-refractivity contribution < 1.29 is 4.74 Å². The second-order valence-electron chi connectivity index (χ2n) is 5.22. The van der Waals surface area contributed by atoms with E-state index in [2.05, 4.69) is 51.6 Å². The minimum atomic E-state index is 0.470. The third-order valence-electron chi connectivity index (χ3n) is 3.42. The topological polar surface area (TPSA) is 21.3 Å². The molecule has 21 heavy (non-hydrogen) atoms. The van der Waals surface area contributed by atoms with E-state index in [1.165, 1.54) is 15.6 Å². The van der Waals surface area contributed by atoms with Crippen molar-refractivity contribution in [2.24, 2.45) is 5.92 Å². The van der Waals surface area contributed by atoms with Crippen LogP contribution in [-0.4, -0.2) is 20.2 Å². The zero-order valence-corrected chi connectivity index (χ0v) is 14.0. The van der Waals surface area contributed by atoms with Crippen LogP contribution in [-0.2, 0) is 17.8 Å². The van der Waals surface area contributed by atoms with Gasteiger partial charge in [-0.15, -0.1) is 0 Å². The van der Waals surface area contributed by atoms with Gasteiger partial charge in [-0.05, 0) is 36.6 Å². The molecule has 0 heterocycles. The standard InChI is InChI=1S/C18H22BrNO/c1-20-12-16(11-17-9-5-6-10-18(17)19)14-21-13-15-7-3-2-4-8-15/h2-10,16,20H,11-14H2,1H3. The zero-order chi connectivity index (χ0) is 14.9. The first-order chi connectivity index (χ1) is 10.3. The Morgan fingerprint density at radius 2 is 1.76 bits per heavy atom. The molecule has 0 aliphatic rings. The Morgan fingerprint density at radius 3 is 2.48 bits per heavy atom. The molecule has 1 unspecified atom stereocenters. The van der Waals surface area contributed by atoms with Crippen LogP contribution in [0, 0.1) is 5.92 Å². The van der Waals surface area contributed by atoms with E-state index in [4.69, 9.17) is 4.74 Å². The second kappa shape index (κ2) is 8.98. The molecule has 112 valence electrons. The predicted octanol–water partition coefficient (Wildman–Crippen LogP) is 4.04. The zero-order valence-electron chi connectivity index (χ0n) is 12.4. The Bertz CT molecular complexity index is 530. The fourth-order valence-electron chi connectivity index (χ4n) is 2.37. The van der Waals surface area contributed by atoms with Crippen LogP contribution >= 0.6 is 15.9 Å². The highest BCUT2D eigenvalue weighted by Gasteiger charge is 2.11. The summed E-state index contributed by atoms with van der Waals surface area (Å²) < 4.78 is 7.07. The maximum Gasteiger partial charge on any atom is 0.0717 e. The molecule has 2 aromatic carbocycles. The molecular weight excluding hydrogens is 326 g/mol. The molecule has 0 saturated heterocycles. The van der Waals surface area contributed by atoms with Crippen LogP contribution in [0.1, 0.15) is 11.1 Å². The average Bonchev–Trinajstić information content (AvgIpc) is 2.51. The molecule has 0 spiro atoms. The summed E-state index contributed by atoms with van der Waals surface area (Å²) in [6, 6.07) is 18.7. The molecule has 2 nitrogen and oxygen atoms in total. The minimum Gasteiger partial charge on any atom is -0.376 e. The van der Waals surface area contributed by atoms with Crippen LogP contribution in [0.4, 0.5) is 0 Å². The first kappa shape index (κ1) is 16.2. The Balaban J connectivity index is 1.86. The molecule has 2 aromatic rings. The lowest BCUT2D eigenvalue weighted by molar-refractivity contribution is 0.0871. The summed E-state index contributed by atoms with van der Waals surface area (Å²) in [6.45, 7) is 2.39. The van der Waals surface area contributed by atoms with Crippen molar-refractivity contribution in [3.05, 3.63) is 70.2 Å². The molecule has 0 aromatic heterocycles. The van der Waals surface area contributed by atoms with Gasteiger partial charge >= 0.3 is 0 Å². The third kappa shape index (κ3) is 5.62. The van der Waals surface area contributed by atoms with E-state index >= 15 is 0 Å². The molecular formula is C18H22BrNO. The highest BCUT2D eigenvalue weighted by molar-refractivity contribution is 9.10. The van der Waals surface area contributed by atoms with Crippen LogP contribution in [0.25, 0.3) is 0 Å². The van der Waals surface area contributed by atoms with Crippen LogP contribution in [0.2, 0.25) is 0 Å². The molecule has 0 aliphatic carbocycles. The van der Waals surface area contributed by atoms with Crippen LogP contribution < -0.4 is 5.32 Å². The fourth-order valence-corrected chi connectivity index (χ4v) is 2.82. The smallest absolute Gasteiger partial charge is 0.0717 e. The molecule has 1 atom stereocenters. The van der Waals surface area contributed by atoms with Crippen LogP contribution in [0.15, 0.2) is 59.1 Å². The highest BCUT2D eigenvalue weighted by atomic mass is 79.9. The van der Waals surface area contributed by atoms with E-state index in [1.807, 2.05) is 31.3 Å².